The quantitative estimate of drug-likeness (QED) is 0.345. The van der Waals surface area contributed by atoms with Crippen molar-refractivity contribution >= 4 is 27.9 Å². The van der Waals surface area contributed by atoms with Crippen LogP contribution >= 0.6 is 15.9 Å². The molecule has 0 aliphatic carbocycles. The molecular weight excluding hydrogens is 533 g/mol. The summed E-state index contributed by atoms with van der Waals surface area (Å²) in [5.41, 5.74) is 0.789. The van der Waals surface area contributed by atoms with Crippen LogP contribution < -0.4 is 0 Å². The molecule has 0 radical (unpaired) electrons. The molecule has 1 aromatic heterocycles. The second-order valence-corrected chi connectivity index (χ2v) is 10.5. The van der Waals surface area contributed by atoms with E-state index in [4.69, 9.17) is 0 Å². The Morgan fingerprint density at radius 3 is 2.31 bits per heavy atom. The predicted molar refractivity (Wildman–Crippen MR) is 138 cm³/mol. The van der Waals surface area contributed by atoms with Gasteiger partial charge >= 0.3 is 6.18 Å². The van der Waals surface area contributed by atoms with Crippen LogP contribution in [0.1, 0.15) is 42.4 Å². The molecule has 2 aliphatic rings. The van der Waals surface area contributed by atoms with E-state index in [0.29, 0.717) is 18.2 Å². The van der Waals surface area contributed by atoms with E-state index in [9.17, 15) is 18.0 Å². The van der Waals surface area contributed by atoms with Crippen LogP contribution in [0, 0.1) is 0 Å². The third-order valence-corrected chi connectivity index (χ3v) is 7.69. The molecule has 9 heteroatoms. The first kappa shape index (κ1) is 26.8. The number of aromatic nitrogens is 1. The van der Waals surface area contributed by atoms with E-state index in [2.05, 4.69) is 37.8 Å². The van der Waals surface area contributed by atoms with Crippen molar-refractivity contribution in [1.82, 2.24) is 19.7 Å². The van der Waals surface area contributed by atoms with Crippen molar-refractivity contribution in [3.05, 3.63) is 70.0 Å². The monoisotopic (exact) mass is 564 g/mol. The third-order valence-electron chi connectivity index (χ3n) is 7.23. The van der Waals surface area contributed by atoms with Gasteiger partial charge in [-0.15, -0.1) is 0 Å². The summed E-state index contributed by atoms with van der Waals surface area (Å²) >= 11 is 3.35. The summed E-state index contributed by atoms with van der Waals surface area (Å²) in [6.07, 6.45) is 4.61. The van der Waals surface area contributed by atoms with Crippen molar-refractivity contribution < 1.29 is 18.0 Å². The Balaban J connectivity index is 1.44. The summed E-state index contributed by atoms with van der Waals surface area (Å²) < 4.78 is 39.3. The summed E-state index contributed by atoms with van der Waals surface area (Å²) in [5.74, 6) is -0.143. The van der Waals surface area contributed by atoms with Crippen molar-refractivity contribution in [3.63, 3.8) is 0 Å². The molecule has 36 heavy (non-hydrogen) atoms. The van der Waals surface area contributed by atoms with Gasteiger partial charge in [-0.3, -0.25) is 4.79 Å². The van der Waals surface area contributed by atoms with Crippen LogP contribution in [0.25, 0.3) is 6.08 Å². The van der Waals surface area contributed by atoms with Crippen molar-refractivity contribution in [1.29, 1.82) is 0 Å². The van der Waals surface area contributed by atoms with Crippen LogP contribution in [0.2, 0.25) is 0 Å². The molecule has 2 fully saturated rings. The molecule has 1 aromatic carbocycles. The molecule has 2 aromatic rings. The van der Waals surface area contributed by atoms with Crippen LogP contribution in [0.3, 0.4) is 0 Å². The first-order valence-electron chi connectivity index (χ1n) is 12.4. The maximum atomic E-state index is 13.3. The fourth-order valence-corrected chi connectivity index (χ4v) is 5.29. The largest absolute Gasteiger partial charge is 0.416 e. The Morgan fingerprint density at radius 2 is 1.72 bits per heavy atom. The molecule has 1 amide bonds. The van der Waals surface area contributed by atoms with Gasteiger partial charge in [0.05, 0.1) is 5.56 Å². The molecule has 5 nitrogen and oxygen atoms in total. The van der Waals surface area contributed by atoms with Gasteiger partial charge in [0.1, 0.15) is 4.60 Å². The molecule has 2 saturated heterocycles. The van der Waals surface area contributed by atoms with E-state index in [1.165, 1.54) is 31.1 Å². The number of piperidine rings is 2. The minimum Gasteiger partial charge on any atom is -0.332 e. The number of hydrogen-bond donors (Lipinski definition) is 0. The van der Waals surface area contributed by atoms with E-state index >= 15 is 0 Å². The Hall–Kier alpha value is -2.23. The maximum Gasteiger partial charge on any atom is 0.416 e. The Labute approximate surface area is 219 Å². The minimum atomic E-state index is -4.38. The highest BCUT2D eigenvalue weighted by Crippen LogP contribution is 2.29. The lowest BCUT2D eigenvalue weighted by atomic mass is 9.96. The molecule has 4 rings (SSSR count). The molecule has 0 bridgehead atoms. The minimum absolute atomic E-state index is 0.0981. The lowest BCUT2D eigenvalue weighted by Gasteiger charge is -2.43. The van der Waals surface area contributed by atoms with Crippen LogP contribution in [0.4, 0.5) is 13.2 Å². The fourth-order valence-electron chi connectivity index (χ4n) is 5.05. The van der Waals surface area contributed by atoms with Gasteiger partial charge in [-0.1, -0.05) is 18.2 Å². The average Bonchev–Trinajstić information content (AvgIpc) is 2.87. The van der Waals surface area contributed by atoms with Gasteiger partial charge in [0.15, 0.2) is 0 Å². The molecule has 2 aliphatic heterocycles. The lowest BCUT2D eigenvalue weighted by molar-refractivity contribution is -0.137. The molecule has 0 N–H and O–H groups in total. The summed E-state index contributed by atoms with van der Waals surface area (Å²) in [4.78, 5) is 24.5. The van der Waals surface area contributed by atoms with Gasteiger partial charge in [0.2, 0.25) is 5.91 Å². The van der Waals surface area contributed by atoms with Gasteiger partial charge in [0, 0.05) is 44.0 Å². The number of halogens is 4. The number of hydrogen-bond acceptors (Lipinski definition) is 4. The number of benzene rings is 1. The SMILES string of the molecule is CN1CCC(N2CCC(N(Cc3ccc(Br)nc3)C(=O)/C=C/c3ccc(C(F)(F)F)cc3)CC2)CC1. The molecule has 0 unspecified atom stereocenters. The van der Waals surface area contributed by atoms with Gasteiger partial charge in [-0.25, -0.2) is 4.98 Å². The van der Waals surface area contributed by atoms with Gasteiger partial charge in [0.25, 0.3) is 0 Å². The Kier molecular flexibility index (Phi) is 8.85. The zero-order chi connectivity index (χ0) is 25.7. The molecular formula is C27H32BrF3N4O. The smallest absolute Gasteiger partial charge is 0.332 e. The number of carbonyl (C=O) groups is 1. The second-order valence-electron chi connectivity index (χ2n) is 9.71. The number of alkyl halides is 3. The topological polar surface area (TPSA) is 39.7 Å². The highest BCUT2D eigenvalue weighted by molar-refractivity contribution is 9.10. The standard InChI is InChI=1S/C27H32BrF3N4O/c1-33-14-10-23(11-15-33)34-16-12-24(13-17-34)35(19-21-4-8-25(28)32-18-21)26(36)9-5-20-2-6-22(7-3-20)27(29,30)31/h2-9,18,23-24H,10-17,19H2,1H3/b9-5+. The maximum absolute atomic E-state index is 13.3. The van der Waals surface area contributed by atoms with E-state index in [-0.39, 0.29) is 11.9 Å². The fraction of sp³-hybridized carbons (Fsp3) is 0.481. The molecule has 0 atom stereocenters. The highest BCUT2D eigenvalue weighted by atomic mass is 79.9. The predicted octanol–water partition coefficient (Wildman–Crippen LogP) is 5.46. The summed E-state index contributed by atoms with van der Waals surface area (Å²) in [5, 5.41) is 0. The molecule has 0 spiro atoms. The normalized spacial score (nSPS) is 19.1. The molecule has 0 saturated carbocycles. The van der Waals surface area contributed by atoms with Crippen molar-refractivity contribution in [2.75, 3.05) is 33.2 Å². The lowest BCUT2D eigenvalue weighted by Crippen LogP contribution is -2.51. The number of nitrogens with zero attached hydrogens (tertiary/aromatic N) is 4. The van der Waals surface area contributed by atoms with E-state index < -0.39 is 11.7 Å². The number of carbonyl (C=O) groups excluding carboxylic acids is 1. The summed E-state index contributed by atoms with van der Waals surface area (Å²) in [6, 6.07) is 9.36. The number of likely N-dealkylation sites (tertiary alicyclic amines) is 2. The zero-order valence-corrected chi connectivity index (χ0v) is 22.0. The number of rotatable bonds is 6. The van der Waals surface area contributed by atoms with E-state index in [1.807, 2.05) is 17.0 Å². The number of amides is 1. The Bertz CT molecular complexity index is 1030. The molecule has 3 heterocycles. The Morgan fingerprint density at radius 1 is 1.06 bits per heavy atom. The van der Waals surface area contributed by atoms with Crippen LogP contribution in [0.5, 0.6) is 0 Å². The summed E-state index contributed by atoms with van der Waals surface area (Å²) in [6.45, 7) is 4.62. The van der Waals surface area contributed by atoms with Crippen molar-refractivity contribution in [2.24, 2.45) is 0 Å². The second kappa shape index (κ2) is 11.9. The van der Waals surface area contributed by atoms with Crippen molar-refractivity contribution in [3.8, 4) is 0 Å². The first-order valence-corrected chi connectivity index (χ1v) is 13.2. The number of pyridine rings is 1. The van der Waals surface area contributed by atoms with Crippen molar-refractivity contribution in [2.45, 2.75) is 50.5 Å². The van der Waals surface area contributed by atoms with Gasteiger partial charge < -0.3 is 14.7 Å². The van der Waals surface area contributed by atoms with Crippen LogP contribution in [0.15, 0.2) is 53.3 Å². The molecule has 194 valence electrons. The first-order chi connectivity index (χ1) is 17.2. The van der Waals surface area contributed by atoms with Crippen LogP contribution in [-0.2, 0) is 17.5 Å². The van der Waals surface area contributed by atoms with Gasteiger partial charge in [-0.2, -0.15) is 13.2 Å². The summed E-state index contributed by atoms with van der Waals surface area (Å²) in [7, 11) is 2.17. The zero-order valence-electron chi connectivity index (χ0n) is 20.4. The average molecular weight is 565 g/mol. The van der Waals surface area contributed by atoms with E-state index in [0.717, 1.165) is 61.3 Å². The highest BCUT2D eigenvalue weighted by Gasteiger charge is 2.32. The third kappa shape index (κ3) is 7.17. The van der Waals surface area contributed by atoms with Gasteiger partial charge in [-0.05, 0) is 97.2 Å². The van der Waals surface area contributed by atoms with E-state index in [1.54, 1.807) is 12.3 Å². The van der Waals surface area contributed by atoms with Crippen LogP contribution in [-0.4, -0.2) is 70.9 Å².